The number of carbonyl (C=O) groups is 1. The Labute approximate surface area is 111 Å². The van der Waals surface area contributed by atoms with Gasteiger partial charge >= 0.3 is 5.97 Å². The molecule has 1 aliphatic rings. The summed E-state index contributed by atoms with van der Waals surface area (Å²) in [5, 5.41) is 9.16. The van der Waals surface area contributed by atoms with Gasteiger partial charge in [0, 0.05) is 32.0 Å². The van der Waals surface area contributed by atoms with E-state index in [2.05, 4.69) is 4.98 Å². The Hall–Kier alpha value is -1.85. The Bertz CT molecular complexity index is 526. The largest absolute Gasteiger partial charge is 0.481 e. The summed E-state index contributed by atoms with van der Waals surface area (Å²) in [5.74, 6) is -0.628. The molecule has 1 N–H and O–H groups in total. The van der Waals surface area contributed by atoms with Crippen LogP contribution in [0.15, 0.2) is 17.2 Å². The van der Waals surface area contributed by atoms with Gasteiger partial charge in [0.2, 0.25) is 0 Å². The summed E-state index contributed by atoms with van der Waals surface area (Å²) >= 11 is 0. The second kappa shape index (κ2) is 5.42. The molecule has 104 valence electrons. The molecule has 0 bridgehead atoms. The highest BCUT2D eigenvalue weighted by molar-refractivity contribution is 5.71. The summed E-state index contributed by atoms with van der Waals surface area (Å²) in [4.78, 5) is 29.3. The first-order valence-electron chi connectivity index (χ1n) is 6.56. The highest BCUT2D eigenvalue weighted by atomic mass is 16.4. The smallest absolute Gasteiger partial charge is 0.308 e. The maximum atomic E-state index is 12.2. The highest BCUT2D eigenvalue weighted by Crippen LogP contribution is 2.23. The van der Waals surface area contributed by atoms with Crippen LogP contribution in [-0.4, -0.2) is 33.7 Å². The first kappa shape index (κ1) is 13.6. The SMILES string of the molecule is CCn1ccnc(N2CC(C)CC(C(=O)O)C2)c1=O. The molecule has 1 saturated heterocycles. The summed E-state index contributed by atoms with van der Waals surface area (Å²) in [7, 11) is 0. The molecule has 6 heteroatoms. The second-order valence-corrected chi connectivity index (χ2v) is 5.12. The predicted molar refractivity (Wildman–Crippen MR) is 71.3 cm³/mol. The fraction of sp³-hybridized carbons (Fsp3) is 0.615. The molecule has 1 fully saturated rings. The Morgan fingerprint density at radius 3 is 2.89 bits per heavy atom. The van der Waals surface area contributed by atoms with Gasteiger partial charge in [0.25, 0.3) is 5.56 Å². The standard InChI is InChI=1S/C13H19N3O3/c1-3-15-5-4-14-11(12(15)17)16-7-9(2)6-10(8-16)13(18)19/h4-5,9-10H,3,6-8H2,1-2H3,(H,18,19). The minimum absolute atomic E-state index is 0.150. The van der Waals surface area contributed by atoms with Crippen LogP contribution in [0.25, 0.3) is 0 Å². The van der Waals surface area contributed by atoms with Gasteiger partial charge in [-0.2, -0.15) is 0 Å². The van der Waals surface area contributed by atoms with Crippen LogP contribution in [0.5, 0.6) is 0 Å². The summed E-state index contributed by atoms with van der Waals surface area (Å²) < 4.78 is 1.58. The van der Waals surface area contributed by atoms with Gasteiger partial charge in [0.1, 0.15) is 0 Å². The summed E-state index contributed by atoms with van der Waals surface area (Å²) in [6.07, 6.45) is 3.89. The molecule has 0 saturated carbocycles. The lowest BCUT2D eigenvalue weighted by atomic mass is 9.90. The van der Waals surface area contributed by atoms with Gasteiger partial charge in [0.05, 0.1) is 5.92 Å². The van der Waals surface area contributed by atoms with Crippen LogP contribution in [0.1, 0.15) is 20.3 Å². The monoisotopic (exact) mass is 265 g/mol. The van der Waals surface area contributed by atoms with Crippen molar-refractivity contribution in [1.29, 1.82) is 0 Å². The first-order valence-corrected chi connectivity index (χ1v) is 6.56. The van der Waals surface area contributed by atoms with Crippen LogP contribution >= 0.6 is 0 Å². The number of anilines is 1. The van der Waals surface area contributed by atoms with E-state index in [1.807, 2.05) is 13.8 Å². The normalized spacial score (nSPS) is 23.4. The fourth-order valence-corrected chi connectivity index (χ4v) is 2.61. The molecular weight excluding hydrogens is 246 g/mol. The van der Waals surface area contributed by atoms with Gasteiger partial charge in [-0.25, -0.2) is 4.98 Å². The molecule has 1 aromatic rings. The van der Waals surface area contributed by atoms with E-state index in [9.17, 15) is 9.59 Å². The van der Waals surface area contributed by atoms with Crippen molar-refractivity contribution in [3.63, 3.8) is 0 Å². The average molecular weight is 265 g/mol. The van der Waals surface area contributed by atoms with E-state index in [4.69, 9.17) is 5.11 Å². The number of aliphatic carboxylic acids is 1. The zero-order valence-corrected chi connectivity index (χ0v) is 11.2. The topological polar surface area (TPSA) is 75.4 Å². The third-order valence-electron chi connectivity index (χ3n) is 3.54. The summed E-state index contributed by atoms with van der Waals surface area (Å²) in [5.41, 5.74) is -0.150. The van der Waals surface area contributed by atoms with Crippen molar-refractivity contribution in [2.45, 2.75) is 26.8 Å². The van der Waals surface area contributed by atoms with Gasteiger partial charge < -0.3 is 14.6 Å². The van der Waals surface area contributed by atoms with Crippen molar-refractivity contribution in [3.8, 4) is 0 Å². The molecule has 1 aromatic heterocycles. The third kappa shape index (κ3) is 2.77. The van der Waals surface area contributed by atoms with Gasteiger partial charge in [0.15, 0.2) is 5.82 Å². The van der Waals surface area contributed by atoms with Crippen LogP contribution in [0.4, 0.5) is 5.82 Å². The Kier molecular flexibility index (Phi) is 3.87. The van der Waals surface area contributed by atoms with Crippen LogP contribution in [0.3, 0.4) is 0 Å². The zero-order chi connectivity index (χ0) is 14.0. The van der Waals surface area contributed by atoms with Crippen molar-refractivity contribution >= 4 is 11.8 Å². The van der Waals surface area contributed by atoms with Crippen molar-refractivity contribution in [1.82, 2.24) is 9.55 Å². The van der Waals surface area contributed by atoms with Crippen molar-refractivity contribution in [2.24, 2.45) is 11.8 Å². The van der Waals surface area contributed by atoms with E-state index >= 15 is 0 Å². The van der Waals surface area contributed by atoms with E-state index in [-0.39, 0.29) is 11.5 Å². The van der Waals surface area contributed by atoms with Gasteiger partial charge in [-0.05, 0) is 19.3 Å². The molecule has 6 nitrogen and oxygen atoms in total. The van der Waals surface area contributed by atoms with Crippen molar-refractivity contribution in [3.05, 3.63) is 22.7 Å². The molecule has 0 aliphatic carbocycles. The minimum atomic E-state index is -0.803. The van der Waals surface area contributed by atoms with E-state index in [1.54, 1.807) is 21.9 Å². The van der Waals surface area contributed by atoms with Crippen LogP contribution in [0, 0.1) is 11.8 Å². The second-order valence-electron chi connectivity index (χ2n) is 5.12. The highest BCUT2D eigenvalue weighted by Gasteiger charge is 2.31. The van der Waals surface area contributed by atoms with E-state index < -0.39 is 11.9 Å². The van der Waals surface area contributed by atoms with Crippen molar-refractivity contribution in [2.75, 3.05) is 18.0 Å². The van der Waals surface area contributed by atoms with Gasteiger partial charge in [-0.1, -0.05) is 6.92 Å². The minimum Gasteiger partial charge on any atom is -0.481 e. The molecule has 2 rings (SSSR count). The number of piperidine rings is 1. The Morgan fingerprint density at radius 1 is 1.53 bits per heavy atom. The number of carboxylic acid groups (broad SMARTS) is 1. The molecule has 2 atom stereocenters. The zero-order valence-electron chi connectivity index (χ0n) is 11.2. The molecule has 2 heterocycles. The molecule has 0 spiro atoms. The quantitative estimate of drug-likeness (QED) is 0.875. The van der Waals surface area contributed by atoms with Crippen LogP contribution in [-0.2, 0) is 11.3 Å². The average Bonchev–Trinajstić information content (AvgIpc) is 2.38. The van der Waals surface area contributed by atoms with Crippen LogP contribution in [0.2, 0.25) is 0 Å². The molecule has 2 unspecified atom stereocenters. The van der Waals surface area contributed by atoms with Crippen LogP contribution < -0.4 is 10.5 Å². The van der Waals surface area contributed by atoms with E-state index in [1.165, 1.54) is 0 Å². The molecule has 19 heavy (non-hydrogen) atoms. The number of rotatable bonds is 3. The Morgan fingerprint density at radius 2 is 2.26 bits per heavy atom. The molecule has 1 aliphatic heterocycles. The maximum absolute atomic E-state index is 12.2. The first-order chi connectivity index (χ1) is 9.02. The number of hydrogen-bond acceptors (Lipinski definition) is 4. The molecule has 0 radical (unpaired) electrons. The van der Waals surface area contributed by atoms with Crippen molar-refractivity contribution < 1.29 is 9.90 Å². The van der Waals surface area contributed by atoms with Gasteiger partial charge in [-0.3, -0.25) is 9.59 Å². The Balaban J connectivity index is 2.31. The van der Waals surface area contributed by atoms with E-state index in [0.29, 0.717) is 31.9 Å². The number of aromatic nitrogens is 2. The maximum Gasteiger partial charge on any atom is 0.308 e. The summed E-state index contributed by atoms with van der Waals surface area (Å²) in [6.45, 7) is 5.52. The number of hydrogen-bond donors (Lipinski definition) is 1. The molecule has 0 aromatic carbocycles. The molecular formula is C13H19N3O3. The summed E-state index contributed by atoms with van der Waals surface area (Å²) in [6, 6.07) is 0. The number of nitrogens with zero attached hydrogens (tertiary/aromatic N) is 3. The number of aryl methyl sites for hydroxylation is 1. The van der Waals surface area contributed by atoms with Gasteiger partial charge in [-0.15, -0.1) is 0 Å². The lowest BCUT2D eigenvalue weighted by Crippen LogP contribution is -2.45. The van der Waals surface area contributed by atoms with E-state index in [0.717, 1.165) is 0 Å². The number of carboxylic acids is 1. The molecule has 0 amide bonds. The lowest BCUT2D eigenvalue weighted by Gasteiger charge is -2.35. The third-order valence-corrected chi connectivity index (χ3v) is 3.54. The fourth-order valence-electron chi connectivity index (χ4n) is 2.61. The predicted octanol–water partition coefficient (Wildman–Crippen LogP) is 0.810. The lowest BCUT2D eigenvalue weighted by molar-refractivity contribution is -0.142.